The number of nitrogens with one attached hydrogen (secondary N) is 1. The van der Waals surface area contributed by atoms with Gasteiger partial charge in [-0.3, -0.25) is 0 Å². The van der Waals surface area contributed by atoms with Gasteiger partial charge in [0.25, 0.3) is 0 Å². The number of hydrogen-bond acceptors (Lipinski definition) is 3. The summed E-state index contributed by atoms with van der Waals surface area (Å²) in [5.41, 5.74) is 3.89. The molecule has 0 saturated heterocycles. The molecule has 0 radical (unpaired) electrons. The first-order chi connectivity index (χ1) is 9.06. The second-order valence-electron chi connectivity index (χ2n) is 5.26. The van der Waals surface area contributed by atoms with E-state index in [9.17, 15) is 0 Å². The van der Waals surface area contributed by atoms with Crippen LogP contribution in [-0.4, -0.2) is 11.0 Å². The predicted molar refractivity (Wildman–Crippen MR) is 82.8 cm³/mol. The molecule has 0 spiro atoms. The van der Waals surface area contributed by atoms with Crippen LogP contribution in [0.4, 0.5) is 0 Å². The van der Waals surface area contributed by atoms with Crippen LogP contribution in [0.5, 0.6) is 0 Å². The molecule has 102 valence electrons. The van der Waals surface area contributed by atoms with Crippen LogP contribution >= 0.6 is 11.3 Å². The fourth-order valence-electron chi connectivity index (χ4n) is 2.00. The van der Waals surface area contributed by atoms with Gasteiger partial charge in [0.1, 0.15) is 0 Å². The first kappa shape index (κ1) is 14.2. The van der Waals surface area contributed by atoms with Crippen molar-refractivity contribution in [3.8, 4) is 0 Å². The number of thiazole rings is 1. The van der Waals surface area contributed by atoms with Crippen LogP contribution in [0, 0.1) is 13.8 Å². The van der Waals surface area contributed by atoms with Gasteiger partial charge in [0, 0.05) is 23.9 Å². The van der Waals surface area contributed by atoms with Crippen molar-refractivity contribution in [2.45, 2.75) is 46.7 Å². The first-order valence-corrected chi connectivity index (χ1v) is 7.61. The van der Waals surface area contributed by atoms with Gasteiger partial charge in [0.15, 0.2) is 0 Å². The first-order valence-electron chi connectivity index (χ1n) is 6.79. The fraction of sp³-hybridized carbons (Fsp3) is 0.438. The van der Waals surface area contributed by atoms with Crippen molar-refractivity contribution in [2.75, 3.05) is 0 Å². The number of nitrogens with zero attached hydrogens (tertiary/aromatic N) is 1. The van der Waals surface area contributed by atoms with Crippen LogP contribution in [-0.2, 0) is 13.0 Å². The van der Waals surface area contributed by atoms with Crippen molar-refractivity contribution >= 4 is 11.3 Å². The molecule has 1 aromatic carbocycles. The van der Waals surface area contributed by atoms with Crippen molar-refractivity contribution < 1.29 is 0 Å². The summed E-state index contributed by atoms with van der Waals surface area (Å²) in [7, 11) is 0. The molecule has 0 amide bonds. The summed E-state index contributed by atoms with van der Waals surface area (Å²) in [6.45, 7) is 9.54. The molecule has 0 aliphatic carbocycles. The summed E-state index contributed by atoms with van der Waals surface area (Å²) in [4.78, 5) is 6.06. The van der Waals surface area contributed by atoms with Gasteiger partial charge in [-0.15, -0.1) is 11.3 Å². The maximum absolute atomic E-state index is 4.70. The van der Waals surface area contributed by atoms with E-state index in [1.54, 1.807) is 0 Å². The van der Waals surface area contributed by atoms with Crippen LogP contribution in [0.1, 0.15) is 40.6 Å². The summed E-state index contributed by atoms with van der Waals surface area (Å²) in [6, 6.07) is 9.06. The monoisotopic (exact) mass is 274 g/mol. The lowest BCUT2D eigenvalue weighted by Gasteiger charge is -2.05. The Hall–Kier alpha value is -1.19. The fourth-order valence-corrected chi connectivity index (χ4v) is 3.04. The molecule has 19 heavy (non-hydrogen) atoms. The Kier molecular flexibility index (Phi) is 4.72. The molecule has 0 atom stereocenters. The number of aromatic nitrogens is 1. The lowest BCUT2D eigenvalue weighted by atomic mass is 10.1. The van der Waals surface area contributed by atoms with E-state index in [2.05, 4.69) is 57.3 Å². The highest BCUT2D eigenvalue weighted by atomic mass is 32.1. The predicted octanol–water partition coefficient (Wildman–Crippen LogP) is 3.85. The zero-order chi connectivity index (χ0) is 13.8. The molecular weight excluding hydrogens is 252 g/mol. The molecule has 1 heterocycles. The van der Waals surface area contributed by atoms with E-state index in [0.717, 1.165) is 13.0 Å². The molecule has 2 rings (SSSR count). The minimum absolute atomic E-state index is 0.515. The minimum atomic E-state index is 0.515. The van der Waals surface area contributed by atoms with E-state index in [-0.39, 0.29) is 0 Å². The highest BCUT2D eigenvalue weighted by molar-refractivity contribution is 7.11. The Morgan fingerprint density at radius 1 is 1.21 bits per heavy atom. The van der Waals surface area contributed by atoms with E-state index < -0.39 is 0 Å². The van der Waals surface area contributed by atoms with Gasteiger partial charge in [-0.25, -0.2) is 4.98 Å². The molecule has 0 aliphatic rings. The van der Waals surface area contributed by atoms with Gasteiger partial charge < -0.3 is 5.32 Å². The van der Waals surface area contributed by atoms with Crippen LogP contribution in [0.3, 0.4) is 0 Å². The van der Waals surface area contributed by atoms with Crippen molar-refractivity contribution in [2.24, 2.45) is 0 Å². The lowest BCUT2D eigenvalue weighted by Crippen LogP contribution is -2.21. The number of aryl methyl sites for hydroxylation is 2. The highest BCUT2D eigenvalue weighted by Gasteiger charge is 2.09. The topological polar surface area (TPSA) is 24.9 Å². The third-order valence-corrected chi connectivity index (χ3v) is 4.37. The Balaban J connectivity index is 2.10. The Bertz CT molecular complexity index is 543. The van der Waals surface area contributed by atoms with E-state index >= 15 is 0 Å². The molecule has 0 bridgehead atoms. The van der Waals surface area contributed by atoms with Crippen LogP contribution in [0.15, 0.2) is 24.3 Å². The van der Waals surface area contributed by atoms with Crippen molar-refractivity contribution in [1.29, 1.82) is 0 Å². The molecule has 0 aliphatic heterocycles. The lowest BCUT2D eigenvalue weighted by molar-refractivity contribution is 0.591. The molecular formula is C16H22N2S. The molecule has 1 aromatic heterocycles. The summed E-state index contributed by atoms with van der Waals surface area (Å²) in [5.74, 6) is 0. The normalized spacial score (nSPS) is 11.2. The smallest absolute Gasteiger partial charge is 0.0975 e. The highest BCUT2D eigenvalue weighted by Crippen LogP contribution is 2.22. The number of benzene rings is 1. The average Bonchev–Trinajstić information content (AvgIpc) is 2.70. The quantitative estimate of drug-likeness (QED) is 0.896. The van der Waals surface area contributed by atoms with Gasteiger partial charge in [-0.1, -0.05) is 38.1 Å². The van der Waals surface area contributed by atoms with E-state index in [0.29, 0.717) is 6.04 Å². The van der Waals surface area contributed by atoms with Gasteiger partial charge in [0.2, 0.25) is 0 Å². The minimum Gasteiger partial charge on any atom is -0.310 e. The zero-order valence-electron chi connectivity index (χ0n) is 12.2. The summed E-state index contributed by atoms with van der Waals surface area (Å²) < 4.78 is 0. The molecule has 3 heteroatoms. The van der Waals surface area contributed by atoms with Crippen LogP contribution in [0.2, 0.25) is 0 Å². The molecule has 2 aromatic rings. The molecule has 1 N–H and O–H groups in total. The maximum atomic E-state index is 4.70. The largest absolute Gasteiger partial charge is 0.310 e. The summed E-state index contributed by atoms with van der Waals surface area (Å²) >= 11 is 1.83. The van der Waals surface area contributed by atoms with Crippen molar-refractivity contribution in [3.05, 3.63) is 51.0 Å². The molecule has 0 saturated carbocycles. The van der Waals surface area contributed by atoms with Gasteiger partial charge in [-0.05, 0) is 25.0 Å². The van der Waals surface area contributed by atoms with Gasteiger partial charge in [0.05, 0.1) is 10.7 Å². The van der Waals surface area contributed by atoms with Gasteiger partial charge in [-0.2, -0.15) is 0 Å². The van der Waals surface area contributed by atoms with Gasteiger partial charge >= 0.3 is 0 Å². The third kappa shape index (κ3) is 3.88. The Labute approximate surface area is 119 Å². The summed E-state index contributed by atoms with van der Waals surface area (Å²) in [5, 5.41) is 4.68. The molecule has 0 unspecified atom stereocenters. The summed E-state index contributed by atoms with van der Waals surface area (Å²) in [6.07, 6.45) is 0.944. The van der Waals surface area contributed by atoms with Crippen molar-refractivity contribution in [1.82, 2.24) is 10.3 Å². The standard InChI is InChI=1S/C16H22N2S/c1-11(2)17-10-15-13(4)18-16(19-15)9-14-8-6-5-7-12(14)3/h5-8,11,17H,9-10H2,1-4H3. The Morgan fingerprint density at radius 2 is 1.95 bits per heavy atom. The van der Waals surface area contributed by atoms with Crippen LogP contribution in [0.25, 0.3) is 0 Å². The average molecular weight is 274 g/mol. The van der Waals surface area contributed by atoms with E-state index in [4.69, 9.17) is 4.98 Å². The van der Waals surface area contributed by atoms with Crippen LogP contribution < -0.4 is 5.32 Å². The second kappa shape index (κ2) is 6.31. The molecule has 2 nitrogen and oxygen atoms in total. The van der Waals surface area contributed by atoms with Crippen molar-refractivity contribution in [3.63, 3.8) is 0 Å². The third-order valence-electron chi connectivity index (χ3n) is 3.21. The maximum Gasteiger partial charge on any atom is 0.0975 e. The molecule has 0 fully saturated rings. The Morgan fingerprint density at radius 3 is 2.63 bits per heavy atom. The SMILES string of the molecule is Cc1ccccc1Cc1nc(C)c(CNC(C)C)s1. The number of rotatable bonds is 5. The second-order valence-corrected chi connectivity index (χ2v) is 6.42. The zero-order valence-corrected chi connectivity index (χ0v) is 13.0. The number of hydrogen-bond donors (Lipinski definition) is 1. The van der Waals surface area contributed by atoms with E-state index in [1.807, 2.05) is 11.3 Å². The van der Waals surface area contributed by atoms with E-state index in [1.165, 1.54) is 26.7 Å².